The van der Waals surface area contributed by atoms with E-state index in [1.54, 1.807) is 0 Å². The van der Waals surface area contributed by atoms with Crippen LogP contribution in [0.2, 0.25) is 0 Å². The van der Waals surface area contributed by atoms with Gasteiger partial charge in [0.1, 0.15) is 11.4 Å². The second kappa shape index (κ2) is 7.09. The van der Waals surface area contributed by atoms with Crippen LogP contribution >= 0.6 is 0 Å². The molecule has 0 unspecified atom stereocenters. The fourth-order valence-corrected chi connectivity index (χ4v) is 2.11. The molecule has 1 amide bonds. The summed E-state index contributed by atoms with van der Waals surface area (Å²) in [6.45, 7) is 3.85. The first-order valence-corrected chi connectivity index (χ1v) is 7.03. The van der Waals surface area contributed by atoms with E-state index >= 15 is 0 Å². The van der Waals surface area contributed by atoms with Crippen molar-refractivity contribution in [2.24, 2.45) is 0 Å². The van der Waals surface area contributed by atoms with Crippen LogP contribution < -0.4 is 0 Å². The van der Waals surface area contributed by atoms with Crippen molar-refractivity contribution in [3.05, 3.63) is 35.6 Å². The lowest BCUT2D eigenvalue weighted by molar-refractivity contribution is -0.165. The van der Waals surface area contributed by atoms with Crippen LogP contribution in [0.4, 0.5) is 17.6 Å². The average Bonchev–Trinajstić information content (AvgIpc) is 2.43. The van der Waals surface area contributed by atoms with E-state index in [1.807, 2.05) is 13.8 Å². The van der Waals surface area contributed by atoms with Crippen LogP contribution in [0.25, 0.3) is 0 Å². The lowest BCUT2D eigenvalue weighted by Gasteiger charge is -2.46. The molecule has 0 radical (unpaired) electrons. The third-order valence-corrected chi connectivity index (χ3v) is 3.26. The molecule has 1 saturated heterocycles. The Morgan fingerprint density at radius 2 is 1.73 bits per heavy atom. The van der Waals surface area contributed by atoms with E-state index in [9.17, 15) is 27.5 Å². The number of carbonyl (C=O) groups excluding carboxylic acids is 1. The van der Waals surface area contributed by atoms with Crippen LogP contribution in [-0.4, -0.2) is 35.2 Å². The molecule has 0 aliphatic carbocycles. The molecule has 1 aromatic rings. The van der Waals surface area contributed by atoms with Crippen LogP contribution in [-0.2, 0) is 10.4 Å². The molecule has 1 aliphatic heterocycles. The number of alkyl halides is 3. The maximum absolute atomic E-state index is 12.8. The van der Waals surface area contributed by atoms with Crippen molar-refractivity contribution in [3.63, 3.8) is 0 Å². The quantitative estimate of drug-likeness (QED) is 0.869. The number of β-amino-alcohol motifs (C(OH)–C–C–N with tert-alkyl or cyclic N) is 1. The fourth-order valence-electron chi connectivity index (χ4n) is 2.11. The topological polar surface area (TPSA) is 40.5 Å². The first-order valence-electron chi connectivity index (χ1n) is 7.03. The Balaban J connectivity index is 0.00000116. The van der Waals surface area contributed by atoms with Gasteiger partial charge in [-0.25, -0.2) is 4.39 Å². The van der Waals surface area contributed by atoms with Gasteiger partial charge < -0.3 is 10.0 Å². The van der Waals surface area contributed by atoms with Gasteiger partial charge in [0.05, 0.1) is 19.5 Å². The van der Waals surface area contributed by atoms with Crippen molar-refractivity contribution >= 4 is 5.91 Å². The third-order valence-electron chi connectivity index (χ3n) is 3.26. The van der Waals surface area contributed by atoms with Crippen LogP contribution in [0, 0.1) is 5.82 Å². The van der Waals surface area contributed by atoms with Crippen molar-refractivity contribution < 1.29 is 27.5 Å². The maximum atomic E-state index is 12.8. The smallest absolute Gasteiger partial charge is 0.381 e. The number of aliphatic hydroxyl groups is 1. The van der Waals surface area contributed by atoms with Gasteiger partial charge in [-0.15, -0.1) is 0 Å². The van der Waals surface area contributed by atoms with Gasteiger partial charge in [-0.2, -0.15) is 13.2 Å². The highest BCUT2D eigenvalue weighted by Gasteiger charge is 2.45. The number of hydrogen-bond donors (Lipinski definition) is 1. The number of hydrogen-bond acceptors (Lipinski definition) is 2. The summed E-state index contributed by atoms with van der Waals surface area (Å²) in [6, 6.07) is 5.16. The highest BCUT2D eigenvalue weighted by atomic mass is 19.4. The number of carbonyl (C=O) groups is 1. The second-order valence-corrected chi connectivity index (χ2v) is 4.90. The van der Waals surface area contributed by atoms with Crippen molar-refractivity contribution in [1.29, 1.82) is 0 Å². The zero-order valence-electron chi connectivity index (χ0n) is 12.5. The molecule has 124 valence electrons. The molecule has 0 saturated carbocycles. The zero-order chi connectivity index (χ0) is 17.0. The molecule has 0 atom stereocenters. The number of rotatable bonds is 3. The van der Waals surface area contributed by atoms with Crippen molar-refractivity contribution in [2.45, 2.75) is 38.5 Å². The molecule has 0 spiro atoms. The maximum Gasteiger partial charge on any atom is 0.389 e. The first-order chi connectivity index (χ1) is 10.2. The highest BCUT2D eigenvalue weighted by molar-refractivity contribution is 5.77. The molecule has 2 rings (SSSR count). The van der Waals surface area contributed by atoms with Crippen LogP contribution in [0.1, 0.15) is 32.3 Å². The van der Waals surface area contributed by atoms with E-state index in [1.165, 1.54) is 24.3 Å². The highest BCUT2D eigenvalue weighted by Crippen LogP contribution is 2.33. The largest absolute Gasteiger partial charge is 0.389 e. The second-order valence-electron chi connectivity index (χ2n) is 4.90. The Kier molecular flexibility index (Phi) is 5.93. The average molecular weight is 321 g/mol. The predicted molar refractivity (Wildman–Crippen MR) is 73.5 cm³/mol. The molecule has 1 aliphatic rings. The Bertz CT molecular complexity index is 493. The van der Waals surface area contributed by atoms with Gasteiger partial charge in [0, 0.05) is 6.42 Å². The lowest BCUT2D eigenvalue weighted by atomic mass is 9.86. The Morgan fingerprint density at radius 3 is 2.18 bits per heavy atom. The van der Waals surface area contributed by atoms with E-state index in [-0.39, 0.29) is 13.1 Å². The summed E-state index contributed by atoms with van der Waals surface area (Å²) < 4.78 is 48.8. The normalized spacial score (nSPS) is 16.4. The standard InChI is InChI=1S/C13H13F4NO2.C2H6/c14-10-3-1-9(2-4-10)12(20)7-18(8-12)11(19)5-6-13(15,16)17;1-2/h1-4,20H,5-8H2;1-2H3. The number of halogens is 4. The summed E-state index contributed by atoms with van der Waals surface area (Å²) in [5.74, 6) is -1.09. The first kappa shape index (κ1) is 18.4. The Labute approximate surface area is 126 Å². The van der Waals surface area contributed by atoms with Crippen LogP contribution in [0.5, 0.6) is 0 Å². The summed E-state index contributed by atoms with van der Waals surface area (Å²) in [6.07, 6.45) is -6.16. The zero-order valence-corrected chi connectivity index (χ0v) is 12.5. The molecular weight excluding hydrogens is 302 g/mol. The summed E-state index contributed by atoms with van der Waals surface area (Å²) in [5.41, 5.74) is -0.861. The minimum Gasteiger partial charge on any atom is -0.381 e. The fraction of sp³-hybridized carbons (Fsp3) is 0.533. The predicted octanol–water partition coefficient (Wildman–Crippen LogP) is 3.22. The molecular formula is C15H19F4NO2. The van der Waals surface area contributed by atoms with Crippen LogP contribution in [0.15, 0.2) is 24.3 Å². The Morgan fingerprint density at radius 1 is 1.23 bits per heavy atom. The van der Waals surface area contributed by atoms with Gasteiger partial charge >= 0.3 is 6.18 Å². The lowest BCUT2D eigenvalue weighted by Crippen LogP contribution is -2.61. The van der Waals surface area contributed by atoms with E-state index in [4.69, 9.17) is 0 Å². The van der Waals surface area contributed by atoms with E-state index < -0.39 is 36.3 Å². The van der Waals surface area contributed by atoms with Gasteiger partial charge in [-0.3, -0.25) is 4.79 Å². The number of benzene rings is 1. The van der Waals surface area contributed by atoms with Gasteiger partial charge in [-0.1, -0.05) is 26.0 Å². The monoisotopic (exact) mass is 321 g/mol. The molecule has 7 heteroatoms. The number of likely N-dealkylation sites (tertiary alicyclic amines) is 1. The molecule has 22 heavy (non-hydrogen) atoms. The number of amides is 1. The van der Waals surface area contributed by atoms with Gasteiger partial charge in [0.2, 0.25) is 5.91 Å². The molecule has 3 nitrogen and oxygen atoms in total. The Hall–Kier alpha value is -1.63. The third kappa shape index (κ3) is 4.69. The van der Waals surface area contributed by atoms with E-state index in [2.05, 4.69) is 0 Å². The molecule has 1 heterocycles. The van der Waals surface area contributed by atoms with Gasteiger partial charge in [0.25, 0.3) is 0 Å². The summed E-state index contributed by atoms with van der Waals surface area (Å²) >= 11 is 0. The van der Waals surface area contributed by atoms with Gasteiger partial charge in [0.15, 0.2) is 0 Å². The van der Waals surface area contributed by atoms with Crippen LogP contribution in [0.3, 0.4) is 0 Å². The van der Waals surface area contributed by atoms with Crippen molar-refractivity contribution in [3.8, 4) is 0 Å². The molecule has 1 fully saturated rings. The molecule has 1 N–H and O–H groups in total. The van der Waals surface area contributed by atoms with E-state index in [0.29, 0.717) is 5.56 Å². The molecule has 0 bridgehead atoms. The van der Waals surface area contributed by atoms with Crippen molar-refractivity contribution in [1.82, 2.24) is 4.90 Å². The summed E-state index contributed by atoms with van der Waals surface area (Å²) in [4.78, 5) is 12.7. The molecule has 0 aromatic heterocycles. The minimum atomic E-state index is -4.37. The SMILES string of the molecule is CC.O=C(CCC(F)(F)F)N1CC(O)(c2ccc(F)cc2)C1. The van der Waals surface area contributed by atoms with E-state index in [0.717, 1.165) is 4.90 Å². The summed E-state index contributed by atoms with van der Waals surface area (Å²) in [7, 11) is 0. The van der Waals surface area contributed by atoms with Gasteiger partial charge in [-0.05, 0) is 17.7 Å². The van der Waals surface area contributed by atoms with Crippen molar-refractivity contribution in [2.75, 3.05) is 13.1 Å². The summed E-state index contributed by atoms with van der Waals surface area (Å²) in [5, 5.41) is 10.2. The number of nitrogens with zero attached hydrogens (tertiary/aromatic N) is 1. The minimum absolute atomic E-state index is 0.0741. The molecule has 1 aromatic carbocycles.